The van der Waals surface area contributed by atoms with E-state index in [0.717, 1.165) is 12.8 Å². The van der Waals surface area contributed by atoms with Crippen molar-refractivity contribution in [1.82, 2.24) is 4.98 Å². The zero-order valence-electron chi connectivity index (χ0n) is 14.4. The van der Waals surface area contributed by atoms with Crippen LogP contribution in [0.25, 0.3) is 10.9 Å². The van der Waals surface area contributed by atoms with Crippen molar-refractivity contribution in [2.75, 3.05) is 18.0 Å². The Balaban J connectivity index is 1.83. The number of alkyl halides is 2. The monoisotopic (exact) mass is 373 g/mol. The third kappa shape index (κ3) is 2.74. The summed E-state index contributed by atoms with van der Waals surface area (Å²) in [5.74, 6) is -0.834. The standard InChI is InChI=1S/C19H17F2N3O3/c20-18(21)27-13-3-4-15-14(6-13)16(11(7-22)8-23-15)24-9-12-2-1-5-19(12,10-24)17(25)26/h3-4,6,8,12,18H,1-2,5,9-10H2,(H,25,26)/t12-,19+/m0/s1. The number of hydrogen-bond acceptors (Lipinski definition) is 5. The lowest BCUT2D eigenvalue weighted by atomic mass is 9.81. The SMILES string of the molecule is N#Cc1cnc2ccc(OC(F)F)cc2c1N1C[C@@H]2CCC[C@@]2(C(=O)O)C1. The molecule has 1 N–H and O–H groups in total. The molecular weight excluding hydrogens is 356 g/mol. The number of pyridine rings is 1. The van der Waals surface area contributed by atoms with E-state index in [1.54, 1.807) is 6.07 Å². The molecule has 0 unspecified atom stereocenters. The van der Waals surface area contributed by atoms with Crippen molar-refractivity contribution in [3.63, 3.8) is 0 Å². The van der Waals surface area contributed by atoms with Crippen LogP contribution in [0.5, 0.6) is 5.75 Å². The van der Waals surface area contributed by atoms with Gasteiger partial charge in [0.2, 0.25) is 0 Å². The van der Waals surface area contributed by atoms with Gasteiger partial charge in [-0.15, -0.1) is 0 Å². The van der Waals surface area contributed by atoms with E-state index >= 15 is 0 Å². The molecule has 0 spiro atoms. The fourth-order valence-electron chi connectivity index (χ4n) is 4.57. The number of nitriles is 1. The molecule has 1 aromatic carbocycles. The van der Waals surface area contributed by atoms with E-state index in [9.17, 15) is 23.9 Å². The quantitative estimate of drug-likeness (QED) is 0.884. The number of benzene rings is 1. The van der Waals surface area contributed by atoms with Crippen LogP contribution >= 0.6 is 0 Å². The first-order chi connectivity index (χ1) is 12.9. The predicted octanol–water partition coefficient (Wildman–Crippen LogP) is 3.40. The van der Waals surface area contributed by atoms with Gasteiger partial charge < -0.3 is 14.7 Å². The Morgan fingerprint density at radius 1 is 1.48 bits per heavy atom. The molecule has 0 bridgehead atoms. The molecule has 8 heteroatoms. The van der Waals surface area contributed by atoms with Crippen molar-refractivity contribution in [2.24, 2.45) is 11.3 Å². The molecule has 1 aromatic heterocycles. The fourth-order valence-corrected chi connectivity index (χ4v) is 4.57. The molecule has 1 aliphatic heterocycles. The maximum atomic E-state index is 12.6. The molecule has 140 valence electrons. The Kier molecular flexibility index (Phi) is 4.10. The summed E-state index contributed by atoms with van der Waals surface area (Å²) in [6.45, 7) is -2.15. The van der Waals surface area contributed by atoms with Crippen LogP contribution in [0.1, 0.15) is 24.8 Å². The summed E-state index contributed by atoms with van der Waals surface area (Å²) >= 11 is 0. The van der Waals surface area contributed by atoms with Gasteiger partial charge in [-0.05, 0) is 37.0 Å². The summed E-state index contributed by atoms with van der Waals surface area (Å²) in [4.78, 5) is 18.1. The van der Waals surface area contributed by atoms with E-state index in [2.05, 4.69) is 15.8 Å². The first-order valence-corrected chi connectivity index (χ1v) is 8.70. The maximum absolute atomic E-state index is 12.6. The Hall–Kier alpha value is -2.95. The first kappa shape index (κ1) is 17.5. The lowest BCUT2D eigenvalue weighted by Crippen LogP contribution is -2.35. The van der Waals surface area contributed by atoms with Gasteiger partial charge in [0.05, 0.1) is 22.2 Å². The number of aliphatic carboxylic acids is 1. The lowest BCUT2D eigenvalue weighted by Gasteiger charge is -2.25. The second-order valence-electron chi connectivity index (χ2n) is 7.12. The molecule has 2 fully saturated rings. The maximum Gasteiger partial charge on any atom is 0.387 e. The van der Waals surface area contributed by atoms with Gasteiger partial charge in [-0.2, -0.15) is 14.0 Å². The Morgan fingerprint density at radius 3 is 2.96 bits per heavy atom. The van der Waals surface area contributed by atoms with E-state index in [1.807, 2.05) is 4.90 Å². The molecule has 2 aliphatic rings. The molecule has 2 heterocycles. The van der Waals surface area contributed by atoms with Crippen molar-refractivity contribution in [2.45, 2.75) is 25.9 Å². The highest BCUT2D eigenvalue weighted by Crippen LogP contribution is 2.51. The van der Waals surface area contributed by atoms with Gasteiger partial charge in [-0.25, -0.2) is 0 Å². The molecular formula is C19H17F2N3O3. The Morgan fingerprint density at radius 2 is 2.30 bits per heavy atom. The second kappa shape index (κ2) is 6.34. The molecule has 0 amide bonds. The van der Waals surface area contributed by atoms with Crippen LogP contribution < -0.4 is 9.64 Å². The summed E-state index contributed by atoms with van der Waals surface area (Å²) in [6.07, 6.45) is 3.74. The topological polar surface area (TPSA) is 86.5 Å². The zero-order chi connectivity index (χ0) is 19.2. The molecule has 27 heavy (non-hydrogen) atoms. The number of carboxylic acid groups (broad SMARTS) is 1. The minimum absolute atomic E-state index is 0.00487. The van der Waals surface area contributed by atoms with Gasteiger partial charge in [0.1, 0.15) is 11.8 Å². The van der Waals surface area contributed by atoms with E-state index in [4.69, 9.17) is 0 Å². The van der Waals surface area contributed by atoms with E-state index < -0.39 is 18.0 Å². The number of carboxylic acids is 1. The van der Waals surface area contributed by atoms with E-state index in [1.165, 1.54) is 18.3 Å². The molecule has 2 aromatic rings. The minimum atomic E-state index is -2.96. The Labute approximate surface area is 154 Å². The molecule has 6 nitrogen and oxygen atoms in total. The number of rotatable bonds is 4. The number of hydrogen-bond donors (Lipinski definition) is 1. The van der Waals surface area contributed by atoms with Crippen molar-refractivity contribution in [3.05, 3.63) is 30.0 Å². The fraction of sp³-hybridized carbons (Fsp3) is 0.421. The number of fused-ring (bicyclic) bond motifs is 2. The number of halogens is 2. The average molecular weight is 373 g/mol. The van der Waals surface area contributed by atoms with Gasteiger partial charge in [0.15, 0.2) is 0 Å². The highest BCUT2D eigenvalue weighted by Gasteiger charge is 2.55. The molecule has 1 saturated heterocycles. The lowest BCUT2D eigenvalue weighted by molar-refractivity contribution is -0.149. The van der Waals surface area contributed by atoms with Crippen LogP contribution in [-0.2, 0) is 4.79 Å². The van der Waals surface area contributed by atoms with Gasteiger partial charge in [0.25, 0.3) is 0 Å². The van der Waals surface area contributed by atoms with Crippen molar-refractivity contribution >= 4 is 22.6 Å². The van der Waals surface area contributed by atoms with Crippen LogP contribution in [-0.4, -0.2) is 35.8 Å². The number of carbonyl (C=O) groups is 1. The number of ether oxygens (including phenoxy) is 1. The van der Waals surface area contributed by atoms with Crippen LogP contribution in [0, 0.1) is 22.7 Å². The number of nitrogens with zero attached hydrogens (tertiary/aromatic N) is 3. The van der Waals surface area contributed by atoms with Crippen LogP contribution in [0.2, 0.25) is 0 Å². The summed E-state index contributed by atoms with van der Waals surface area (Å²) in [7, 11) is 0. The normalized spacial score (nSPS) is 24.2. The molecule has 2 atom stereocenters. The van der Waals surface area contributed by atoms with Gasteiger partial charge in [-0.3, -0.25) is 9.78 Å². The van der Waals surface area contributed by atoms with Gasteiger partial charge in [-0.1, -0.05) is 6.42 Å². The molecule has 1 aliphatic carbocycles. The van der Waals surface area contributed by atoms with Crippen LogP contribution in [0.3, 0.4) is 0 Å². The average Bonchev–Trinajstić information content (AvgIpc) is 3.18. The molecule has 1 saturated carbocycles. The highest BCUT2D eigenvalue weighted by molar-refractivity contribution is 5.96. The number of aromatic nitrogens is 1. The summed E-state index contributed by atoms with van der Waals surface area (Å²) < 4.78 is 29.7. The van der Waals surface area contributed by atoms with E-state index in [0.29, 0.717) is 36.1 Å². The van der Waals surface area contributed by atoms with Crippen LogP contribution in [0.15, 0.2) is 24.4 Å². The smallest absolute Gasteiger partial charge is 0.387 e. The minimum Gasteiger partial charge on any atom is -0.481 e. The largest absolute Gasteiger partial charge is 0.481 e. The zero-order valence-corrected chi connectivity index (χ0v) is 14.4. The second-order valence-corrected chi connectivity index (χ2v) is 7.12. The highest BCUT2D eigenvalue weighted by atomic mass is 19.3. The summed E-state index contributed by atoms with van der Waals surface area (Å²) in [6, 6.07) is 6.48. The van der Waals surface area contributed by atoms with Gasteiger partial charge >= 0.3 is 12.6 Å². The van der Waals surface area contributed by atoms with Gasteiger partial charge in [0, 0.05) is 24.7 Å². The Bertz CT molecular complexity index is 959. The molecule has 4 rings (SSSR count). The summed E-state index contributed by atoms with van der Waals surface area (Å²) in [5, 5.41) is 19.9. The third-order valence-corrected chi connectivity index (χ3v) is 5.77. The first-order valence-electron chi connectivity index (χ1n) is 8.70. The summed E-state index contributed by atoms with van der Waals surface area (Å²) in [5.41, 5.74) is 0.542. The molecule has 0 radical (unpaired) electrons. The van der Waals surface area contributed by atoms with Crippen molar-refractivity contribution < 1.29 is 23.4 Å². The van der Waals surface area contributed by atoms with Crippen LogP contribution in [0.4, 0.5) is 14.5 Å². The predicted molar refractivity (Wildman–Crippen MR) is 92.7 cm³/mol. The van der Waals surface area contributed by atoms with E-state index in [-0.39, 0.29) is 17.2 Å². The van der Waals surface area contributed by atoms with Crippen molar-refractivity contribution in [1.29, 1.82) is 5.26 Å². The van der Waals surface area contributed by atoms with Crippen molar-refractivity contribution in [3.8, 4) is 11.8 Å². The number of anilines is 1. The third-order valence-electron chi connectivity index (χ3n) is 5.77.